The van der Waals surface area contributed by atoms with Gasteiger partial charge in [0.2, 0.25) is 0 Å². The number of sulfonamides is 1. The highest BCUT2D eigenvalue weighted by Crippen LogP contribution is 2.16. The monoisotopic (exact) mass is 322 g/mol. The molecular weight excluding hydrogens is 312 g/mol. The van der Waals surface area contributed by atoms with Crippen LogP contribution in [0.1, 0.15) is 10.4 Å². The van der Waals surface area contributed by atoms with Gasteiger partial charge in [0, 0.05) is 30.1 Å². The van der Waals surface area contributed by atoms with Gasteiger partial charge in [-0.15, -0.1) is 4.83 Å². The highest BCUT2D eigenvalue weighted by Gasteiger charge is 2.18. The second-order valence-electron chi connectivity index (χ2n) is 4.05. The number of non-ortho nitro benzene ring substituents is 1. The molecule has 2 rings (SSSR count). The van der Waals surface area contributed by atoms with Gasteiger partial charge in [-0.2, -0.15) is 0 Å². The van der Waals surface area contributed by atoms with Crippen LogP contribution in [0.3, 0.4) is 0 Å². The summed E-state index contributed by atoms with van der Waals surface area (Å²) in [5.74, 6) is -0.684. The van der Waals surface area contributed by atoms with E-state index in [1.165, 1.54) is 36.7 Å². The first-order chi connectivity index (χ1) is 10.4. The Labute approximate surface area is 125 Å². The number of aromatic nitrogens is 1. The molecule has 0 bridgehead atoms. The molecule has 1 aromatic carbocycles. The molecule has 0 saturated heterocycles. The highest BCUT2D eigenvalue weighted by atomic mass is 32.2. The molecule has 1 aromatic heterocycles. The van der Waals surface area contributed by atoms with Crippen LogP contribution >= 0.6 is 0 Å². The van der Waals surface area contributed by atoms with Gasteiger partial charge in [0.1, 0.15) is 0 Å². The van der Waals surface area contributed by atoms with Crippen molar-refractivity contribution in [3.05, 3.63) is 64.5 Å². The molecule has 0 aliphatic rings. The lowest BCUT2D eigenvalue weighted by molar-refractivity contribution is -0.385. The summed E-state index contributed by atoms with van der Waals surface area (Å²) < 4.78 is 24.0. The van der Waals surface area contributed by atoms with Crippen LogP contribution in [0, 0.1) is 10.1 Å². The normalized spacial score (nSPS) is 10.9. The molecular formula is C12H10N4O5S. The Kier molecular flexibility index (Phi) is 4.44. The maximum absolute atomic E-state index is 12.0. The van der Waals surface area contributed by atoms with Crippen LogP contribution < -0.4 is 10.3 Å². The van der Waals surface area contributed by atoms with Crippen LogP contribution in [-0.2, 0) is 10.0 Å². The number of nitrogens with zero attached hydrogens (tertiary/aromatic N) is 2. The van der Waals surface area contributed by atoms with Crippen LogP contribution in [0.5, 0.6) is 0 Å². The van der Waals surface area contributed by atoms with E-state index in [1.807, 2.05) is 10.3 Å². The third kappa shape index (κ3) is 3.62. The molecule has 0 spiro atoms. The first-order valence-electron chi connectivity index (χ1n) is 5.87. The highest BCUT2D eigenvalue weighted by molar-refractivity contribution is 7.89. The fourth-order valence-corrected chi connectivity index (χ4v) is 2.39. The number of rotatable bonds is 5. The molecule has 0 atom stereocenters. The number of amides is 1. The van der Waals surface area contributed by atoms with Gasteiger partial charge in [-0.3, -0.25) is 25.3 Å². The number of nitro benzene ring substituents is 1. The van der Waals surface area contributed by atoms with E-state index in [0.29, 0.717) is 0 Å². The molecule has 0 unspecified atom stereocenters. The lowest BCUT2D eigenvalue weighted by Gasteiger charge is -2.08. The van der Waals surface area contributed by atoms with Gasteiger partial charge in [-0.05, 0) is 18.2 Å². The van der Waals surface area contributed by atoms with Crippen molar-refractivity contribution in [3.63, 3.8) is 0 Å². The van der Waals surface area contributed by atoms with Crippen molar-refractivity contribution in [1.82, 2.24) is 15.2 Å². The fraction of sp³-hybridized carbons (Fsp3) is 0. The van der Waals surface area contributed by atoms with E-state index >= 15 is 0 Å². The lowest BCUT2D eigenvalue weighted by Crippen LogP contribution is -2.41. The minimum atomic E-state index is -4.12. The average Bonchev–Trinajstić information content (AvgIpc) is 2.53. The van der Waals surface area contributed by atoms with E-state index in [1.54, 1.807) is 0 Å². The predicted molar refractivity (Wildman–Crippen MR) is 75.1 cm³/mol. The maximum Gasteiger partial charge on any atom is 0.270 e. The summed E-state index contributed by atoms with van der Waals surface area (Å²) in [5.41, 5.74) is 1.85. The number of nitrogens with one attached hydrogen (secondary N) is 2. The number of hydrazine groups is 1. The summed E-state index contributed by atoms with van der Waals surface area (Å²) in [6.45, 7) is 0. The Morgan fingerprint density at radius 1 is 1.18 bits per heavy atom. The average molecular weight is 322 g/mol. The molecule has 0 radical (unpaired) electrons. The van der Waals surface area contributed by atoms with Gasteiger partial charge in [-0.1, -0.05) is 6.07 Å². The zero-order chi connectivity index (χ0) is 16.2. The molecule has 0 aliphatic carbocycles. The van der Waals surface area contributed by atoms with Crippen molar-refractivity contribution in [3.8, 4) is 0 Å². The predicted octanol–water partition coefficient (Wildman–Crippen LogP) is 0.613. The van der Waals surface area contributed by atoms with Crippen LogP contribution in [0.2, 0.25) is 0 Å². The van der Waals surface area contributed by atoms with Gasteiger partial charge in [-0.25, -0.2) is 8.42 Å². The van der Waals surface area contributed by atoms with E-state index in [4.69, 9.17) is 0 Å². The van der Waals surface area contributed by atoms with Gasteiger partial charge in [0.15, 0.2) is 0 Å². The number of nitro groups is 1. The first kappa shape index (κ1) is 15.5. The SMILES string of the molecule is O=C(NNS(=O)(=O)c1cccc([N+](=O)[O-])c1)c1ccncc1. The van der Waals surface area contributed by atoms with Crippen molar-refractivity contribution in [2.75, 3.05) is 0 Å². The van der Waals surface area contributed by atoms with Crippen LogP contribution in [0.25, 0.3) is 0 Å². The summed E-state index contributed by atoms with van der Waals surface area (Å²) in [5, 5.41) is 10.6. The molecule has 1 heterocycles. The summed E-state index contributed by atoms with van der Waals surface area (Å²) in [6.07, 6.45) is 2.76. The van der Waals surface area contributed by atoms with Gasteiger partial charge in [0.05, 0.1) is 9.82 Å². The van der Waals surface area contributed by atoms with Crippen LogP contribution in [0.15, 0.2) is 53.7 Å². The lowest BCUT2D eigenvalue weighted by atomic mass is 10.3. The second-order valence-corrected chi connectivity index (χ2v) is 5.73. The summed E-state index contributed by atoms with van der Waals surface area (Å²) in [4.78, 5) is 26.9. The Morgan fingerprint density at radius 3 is 2.50 bits per heavy atom. The molecule has 0 saturated carbocycles. The molecule has 0 fully saturated rings. The largest absolute Gasteiger partial charge is 0.273 e. The fourth-order valence-electron chi connectivity index (χ4n) is 1.51. The van der Waals surface area contributed by atoms with Crippen molar-refractivity contribution in [2.24, 2.45) is 0 Å². The van der Waals surface area contributed by atoms with Crippen molar-refractivity contribution < 1.29 is 18.1 Å². The topological polar surface area (TPSA) is 131 Å². The number of pyridine rings is 1. The number of carbonyl (C=O) groups is 1. The molecule has 10 heteroatoms. The third-order valence-corrected chi connectivity index (χ3v) is 3.83. The summed E-state index contributed by atoms with van der Waals surface area (Å²) in [7, 11) is -4.12. The van der Waals surface area contributed by atoms with Crippen molar-refractivity contribution in [1.29, 1.82) is 0 Å². The Balaban J connectivity index is 2.13. The quantitative estimate of drug-likeness (QED) is 0.612. The van der Waals surface area contributed by atoms with E-state index < -0.39 is 20.9 Å². The zero-order valence-electron chi connectivity index (χ0n) is 11.0. The molecule has 22 heavy (non-hydrogen) atoms. The number of hydrogen-bond donors (Lipinski definition) is 2. The number of hydrogen-bond acceptors (Lipinski definition) is 6. The Hall–Kier alpha value is -2.85. The molecule has 2 aromatic rings. The Bertz CT molecular complexity index is 807. The molecule has 9 nitrogen and oxygen atoms in total. The second kappa shape index (κ2) is 6.28. The molecule has 2 N–H and O–H groups in total. The molecule has 0 aliphatic heterocycles. The molecule has 114 valence electrons. The maximum atomic E-state index is 12.0. The third-order valence-electron chi connectivity index (χ3n) is 2.58. The van der Waals surface area contributed by atoms with Gasteiger partial charge >= 0.3 is 0 Å². The smallest absolute Gasteiger partial charge is 0.270 e. The Morgan fingerprint density at radius 2 is 1.86 bits per heavy atom. The minimum Gasteiger partial charge on any atom is -0.273 e. The first-order valence-corrected chi connectivity index (χ1v) is 7.35. The van der Waals surface area contributed by atoms with E-state index in [9.17, 15) is 23.3 Å². The van der Waals surface area contributed by atoms with Gasteiger partial charge in [0.25, 0.3) is 21.6 Å². The van der Waals surface area contributed by atoms with Crippen LogP contribution in [0.4, 0.5) is 5.69 Å². The summed E-state index contributed by atoms with van der Waals surface area (Å²) >= 11 is 0. The van der Waals surface area contributed by atoms with E-state index in [-0.39, 0.29) is 16.1 Å². The summed E-state index contributed by atoms with van der Waals surface area (Å²) in [6, 6.07) is 7.26. The zero-order valence-corrected chi connectivity index (χ0v) is 11.8. The van der Waals surface area contributed by atoms with E-state index in [2.05, 4.69) is 4.98 Å². The van der Waals surface area contributed by atoms with Gasteiger partial charge < -0.3 is 0 Å². The molecule has 1 amide bonds. The van der Waals surface area contributed by atoms with E-state index in [0.717, 1.165) is 12.1 Å². The standard InChI is InChI=1S/C12H10N4O5S/c17-12(9-4-6-13-7-5-9)14-15-22(20,21)11-3-1-2-10(8-11)16(18)19/h1-8,15H,(H,14,17). The van der Waals surface area contributed by atoms with Crippen molar-refractivity contribution in [2.45, 2.75) is 4.90 Å². The minimum absolute atomic E-state index is 0.205. The number of benzene rings is 1. The number of carbonyl (C=O) groups excluding carboxylic acids is 1. The van der Waals surface area contributed by atoms with Crippen LogP contribution in [-0.4, -0.2) is 24.2 Å². The van der Waals surface area contributed by atoms with Crippen molar-refractivity contribution >= 4 is 21.6 Å².